The van der Waals surface area contributed by atoms with E-state index in [-0.39, 0.29) is 18.3 Å². The molecule has 0 radical (unpaired) electrons. The van der Waals surface area contributed by atoms with Gasteiger partial charge in [0.2, 0.25) is 0 Å². The summed E-state index contributed by atoms with van der Waals surface area (Å²) in [5.74, 6) is -0.0753. The quantitative estimate of drug-likeness (QED) is 0.745. The molecule has 1 N–H and O–H groups in total. The molecule has 7 heteroatoms. The highest BCUT2D eigenvalue weighted by molar-refractivity contribution is 7.86. The molecule has 1 atom stereocenters. The van der Waals surface area contributed by atoms with Gasteiger partial charge in [0, 0.05) is 19.0 Å². The molecule has 1 saturated heterocycles. The van der Waals surface area contributed by atoms with E-state index in [9.17, 15) is 13.2 Å². The predicted octanol–water partition coefficient (Wildman–Crippen LogP) is 0.743. The zero-order chi connectivity index (χ0) is 12.2. The van der Waals surface area contributed by atoms with E-state index in [2.05, 4.69) is 0 Å². The van der Waals surface area contributed by atoms with E-state index >= 15 is 0 Å². The first-order chi connectivity index (χ1) is 7.44. The van der Waals surface area contributed by atoms with Crippen LogP contribution in [0.25, 0.3) is 0 Å². The van der Waals surface area contributed by atoms with Gasteiger partial charge in [-0.15, -0.1) is 0 Å². The van der Waals surface area contributed by atoms with Crippen LogP contribution in [0, 0.1) is 5.92 Å². The Bertz CT molecular complexity index is 340. The molecular formula is C9H17NO5S. The second-order valence-corrected chi connectivity index (χ2v) is 5.80. The fraction of sp³-hybridized carbons (Fsp3) is 0.889. The van der Waals surface area contributed by atoms with E-state index in [1.54, 1.807) is 0 Å². The fourth-order valence-electron chi connectivity index (χ4n) is 1.66. The highest BCUT2D eigenvalue weighted by Crippen LogP contribution is 2.17. The van der Waals surface area contributed by atoms with Crippen molar-refractivity contribution in [1.82, 2.24) is 4.90 Å². The fourth-order valence-corrected chi connectivity index (χ4v) is 2.22. The molecule has 1 heterocycles. The van der Waals surface area contributed by atoms with Crippen LogP contribution in [0.2, 0.25) is 0 Å². The van der Waals surface area contributed by atoms with E-state index < -0.39 is 16.2 Å². The highest BCUT2D eigenvalue weighted by atomic mass is 32.2. The van der Waals surface area contributed by atoms with Gasteiger partial charge in [0.1, 0.15) is 0 Å². The summed E-state index contributed by atoms with van der Waals surface area (Å²) in [6.45, 7) is 2.47. The lowest BCUT2D eigenvalue weighted by atomic mass is 10.00. The predicted molar refractivity (Wildman–Crippen MR) is 57.7 cm³/mol. The van der Waals surface area contributed by atoms with Crippen LogP contribution in [0.15, 0.2) is 0 Å². The van der Waals surface area contributed by atoms with Crippen LogP contribution in [0.4, 0.5) is 4.79 Å². The molecule has 0 saturated carbocycles. The Kier molecular flexibility index (Phi) is 4.55. The lowest BCUT2D eigenvalue weighted by Gasteiger charge is -2.30. The summed E-state index contributed by atoms with van der Waals surface area (Å²) >= 11 is 0. The minimum Gasteiger partial charge on any atom is -0.465 e. The molecule has 0 aromatic heterocycles. The van der Waals surface area contributed by atoms with Gasteiger partial charge in [-0.3, -0.25) is 4.18 Å². The second-order valence-electron chi connectivity index (χ2n) is 3.87. The van der Waals surface area contributed by atoms with Gasteiger partial charge in [0.15, 0.2) is 0 Å². The van der Waals surface area contributed by atoms with Crippen LogP contribution in [0.5, 0.6) is 0 Å². The molecule has 1 rings (SSSR count). The van der Waals surface area contributed by atoms with Crippen molar-refractivity contribution in [3.8, 4) is 0 Å². The zero-order valence-electron chi connectivity index (χ0n) is 9.26. The Hall–Kier alpha value is -0.820. The molecule has 0 spiro atoms. The van der Waals surface area contributed by atoms with Gasteiger partial charge in [-0.2, -0.15) is 8.42 Å². The molecule has 94 valence electrons. The number of piperidine rings is 1. The summed E-state index contributed by atoms with van der Waals surface area (Å²) in [6, 6.07) is 0. The lowest BCUT2D eigenvalue weighted by molar-refractivity contribution is 0.106. The zero-order valence-corrected chi connectivity index (χ0v) is 10.1. The van der Waals surface area contributed by atoms with Crippen molar-refractivity contribution >= 4 is 16.2 Å². The summed E-state index contributed by atoms with van der Waals surface area (Å²) in [5, 5.41) is 8.80. The van der Waals surface area contributed by atoms with Crippen LogP contribution in [0.1, 0.15) is 19.8 Å². The van der Waals surface area contributed by atoms with Crippen LogP contribution in [-0.4, -0.2) is 50.0 Å². The van der Waals surface area contributed by atoms with Crippen molar-refractivity contribution in [2.75, 3.05) is 25.4 Å². The Morgan fingerprint density at radius 2 is 2.25 bits per heavy atom. The smallest absolute Gasteiger partial charge is 0.407 e. The summed E-state index contributed by atoms with van der Waals surface area (Å²) in [6.07, 6.45) is 0.609. The summed E-state index contributed by atoms with van der Waals surface area (Å²) < 4.78 is 27.0. The van der Waals surface area contributed by atoms with Crippen molar-refractivity contribution in [1.29, 1.82) is 0 Å². The monoisotopic (exact) mass is 251 g/mol. The van der Waals surface area contributed by atoms with Gasteiger partial charge in [-0.1, -0.05) is 0 Å². The standard InChI is InChI=1S/C9H17NO5S/c1-2-16(13,14)15-7-8-4-3-5-10(6-8)9(11)12/h8H,2-7H2,1H3,(H,11,12). The molecule has 6 nitrogen and oxygen atoms in total. The van der Waals surface area contributed by atoms with Crippen molar-refractivity contribution in [3.05, 3.63) is 0 Å². The third-order valence-electron chi connectivity index (χ3n) is 2.63. The van der Waals surface area contributed by atoms with Crippen molar-refractivity contribution < 1.29 is 22.5 Å². The van der Waals surface area contributed by atoms with Crippen LogP contribution >= 0.6 is 0 Å². The van der Waals surface area contributed by atoms with E-state index in [1.165, 1.54) is 11.8 Å². The van der Waals surface area contributed by atoms with Crippen LogP contribution in [0.3, 0.4) is 0 Å². The van der Waals surface area contributed by atoms with E-state index in [0.29, 0.717) is 13.1 Å². The number of hydrogen-bond acceptors (Lipinski definition) is 4. The van der Waals surface area contributed by atoms with Gasteiger partial charge in [-0.05, 0) is 19.8 Å². The van der Waals surface area contributed by atoms with Gasteiger partial charge < -0.3 is 10.0 Å². The summed E-state index contributed by atoms with van der Waals surface area (Å²) in [7, 11) is -3.42. The molecule has 0 aliphatic carbocycles. The Morgan fingerprint density at radius 1 is 1.56 bits per heavy atom. The van der Waals surface area contributed by atoms with E-state index in [0.717, 1.165) is 12.8 Å². The third kappa shape index (κ3) is 3.97. The maximum Gasteiger partial charge on any atom is 0.407 e. The maximum absolute atomic E-state index is 11.1. The normalized spacial score (nSPS) is 22.1. The number of nitrogens with zero attached hydrogens (tertiary/aromatic N) is 1. The number of likely N-dealkylation sites (tertiary alicyclic amines) is 1. The molecule has 1 aliphatic heterocycles. The first-order valence-corrected chi connectivity index (χ1v) is 6.87. The molecule has 0 aromatic rings. The van der Waals surface area contributed by atoms with Gasteiger partial charge in [0.05, 0.1) is 12.4 Å². The summed E-state index contributed by atoms with van der Waals surface area (Å²) in [4.78, 5) is 12.0. The number of amides is 1. The number of rotatable bonds is 4. The molecule has 1 unspecified atom stereocenters. The minimum absolute atomic E-state index is 0.0221. The molecule has 0 aromatic carbocycles. The second kappa shape index (κ2) is 5.49. The Morgan fingerprint density at radius 3 is 2.81 bits per heavy atom. The third-order valence-corrected chi connectivity index (χ3v) is 3.83. The number of hydrogen-bond donors (Lipinski definition) is 1. The molecular weight excluding hydrogens is 234 g/mol. The number of carbonyl (C=O) groups is 1. The SMILES string of the molecule is CCS(=O)(=O)OCC1CCCN(C(=O)O)C1. The largest absolute Gasteiger partial charge is 0.465 e. The van der Waals surface area contributed by atoms with E-state index in [4.69, 9.17) is 9.29 Å². The first kappa shape index (κ1) is 13.2. The van der Waals surface area contributed by atoms with Gasteiger partial charge >= 0.3 is 6.09 Å². The molecule has 1 fully saturated rings. The summed E-state index contributed by atoms with van der Waals surface area (Å²) in [5.41, 5.74) is 0. The van der Waals surface area contributed by atoms with Gasteiger partial charge in [-0.25, -0.2) is 4.79 Å². The first-order valence-electron chi connectivity index (χ1n) is 5.29. The van der Waals surface area contributed by atoms with Gasteiger partial charge in [0.25, 0.3) is 10.1 Å². The average Bonchev–Trinajstić information content (AvgIpc) is 2.27. The van der Waals surface area contributed by atoms with Crippen molar-refractivity contribution in [2.45, 2.75) is 19.8 Å². The molecule has 16 heavy (non-hydrogen) atoms. The lowest BCUT2D eigenvalue weighted by Crippen LogP contribution is -2.40. The number of carboxylic acid groups (broad SMARTS) is 1. The maximum atomic E-state index is 11.1. The van der Waals surface area contributed by atoms with Crippen LogP contribution in [-0.2, 0) is 14.3 Å². The molecule has 1 amide bonds. The molecule has 0 bridgehead atoms. The van der Waals surface area contributed by atoms with Crippen molar-refractivity contribution in [2.24, 2.45) is 5.92 Å². The average molecular weight is 251 g/mol. The topological polar surface area (TPSA) is 83.9 Å². The minimum atomic E-state index is -3.42. The highest BCUT2D eigenvalue weighted by Gasteiger charge is 2.24. The Balaban J connectivity index is 2.41. The van der Waals surface area contributed by atoms with E-state index in [1.807, 2.05) is 0 Å². The molecule has 1 aliphatic rings. The van der Waals surface area contributed by atoms with Crippen LogP contribution < -0.4 is 0 Å². The Labute approximate surface area is 95.3 Å². The van der Waals surface area contributed by atoms with Crippen molar-refractivity contribution in [3.63, 3.8) is 0 Å².